The summed E-state index contributed by atoms with van der Waals surface area (Å²) in [6, 6.07) is 17.2. The molecule has 0 saturated heterocycles. The molecule has 1 N–H and O–H groups in total. The van der Waals surface area contributed by atoms with Crippen molar-refractivity contribution in [2.45, 2.75) is 19.6 Å². The Morgan fingerprint density at radius 2 is 1.75 bits per heavy atom. The monoisotopic (exact) mass is 379 g/mol. The fourth-order valence-corrected chi connectivity index (χ4v) is 3.04. The fraction of sp³-hybridized carbons (Fsp3) is 0.227. The van der Waals surface area contributed by atoms with E-state index in [4.69, 9.17) is 18.9 Å². The summed E-state index contributed by atoms with van der Waals surface area (Å²) in [6.07, 6.45) is -0.628. The van der Waals surface area contributed by atoms with Crippen LogP contribution >= 0.6 is 0 Å². The van der Waals surface area contributed by atoms with E-state index in [1.165, 1.54) is 0 Å². The van der Waals surface area contributed by atoms with Crippen molar-refractivity contribution in [3.63, 3.8) is 0 Å². The molecular formula is C22H21NO5. The van der Waals surface area contributed by atoms with E-state index >= 15 is 0 Å². The molecular weight excluding hydrogens is 358 g/mol. The van der Waals surface area contributed by atoms with Crippen LogP contribution in [0.5, 0.6) is 23.0 Å². The van der Waals surface area contributed by atoms with Crippen molar-refractivity contribution in [2.24, 2.45) is 0 Å². The predicted molar refractivity (Wildman–Crippen MR) is 105 cm³/mol. The summed E-state index contributed by atoms with van der Waals surface area (Å²) >= 11 is 0. The van der Waals surface area contributed by atoms with E-state index in [1.54, 1.807) is 14.0 Å². The Kier molecular flexibility index (Phi) is 4.93. The molecule has 0 radical (unpaired) electrons. The molecule has 0 spiro atoms. The largest absolute Gasteiger partial charge is 0.497 e. The van der Waals surface area contributed by atoms with Crippen molar-refractivity contribution < 1.29 is 23.7 Å². The van der Waals surface area contributed by atoms with Crippen molar-refractivity contribution >= 4 is 16.7 Å². The van der Waals surface area contributed by atoms with Gasteiger partial charge in [0.2, 0.25) is 6.79 Å². The lowest BCUT2D eigenvalue weighted by Gasteiger charge is -2.15. The van der Waals surface area contributed by atoms with Crippen LogP contribution in [0.15, 0.2) is 54.6 Å². The molecule has 0 saturated carbocycles. The van der Waals surface area contributed by atoms with E-state index in [9.17, 15) is 4.79 Å². The molecule has 6 heteroatoms. The molecule has 28 heavy (non-hydrogen) atoms. The topological polar surface area (TPSA) is 66.0 Å². The molecule has 1 amide bonds. The summed E-state index contributed by atoms with van der Waals surface area (Å²) in [7, 11) is 1.63. The summed E-state index contributed by atoms with van der Waals surface area (Å²) in [6.45, 7) is 2.34. The molecule has 1 atom stereocenters. The van der Waals surface area contributed by atoms with Crippen LogP contribution < -0.4 is 24.3 Å². The smallest absolute Gasteiger partial charge is 0.261 e. The molecule has 1 aliphatic heterocycles. The molecule has 0 fully saturated rings. The van der Waals surface area contributed by atoms with Crippen LogP contribution in [0.25, 0.3) is 10.8 Å². The summed E-state index contributed by atoms with van der Waals surface area (Å²) in [5, 5.41) is 4.95. The molecule has 6 nitrogen and oxygen atoms in total. The molecule has 144 valence electrons. The molecule has 0 aromatic heterocycles. The molecule has 0 bridgehead atoms. The average molecular weight is 379 g/mol. The lowest BCUT2D eigenvalue weighted by Crippen LogP contribution is -2.35. The van der Waals surface area contributed by atoms with Crippen LogP contribution in [0.2, 0.25) is 0 Å². The van der Waals surface area contributed by atoms with Crippen molar-refractivity contribution in [3.8, 4) is 23.0 Å². The Labute approximate surface area is 163 Å². The first-order chi connectivity index (χ1) is 13.6. The van der Waals surface area contributed by atoms with Crippen molar-refractivity contribution in [2.75, 3.05) is 13.9 Å². The van der Waals surface area contributed by atoms with Crippen molar-refractivity contribution in [1.82, 2.24) is 5.32 Å². The van der Waals surface area contributed by atoms with Gasteiger partial charge in [0.05, 0.1) is 7.11 Å². The summed E-state index contributed by atoms with van der Waals surface area (Å²) in [5.74, 6) is 2.64. The van der Waals surface area contributed by atoms with Crippen LogP contribution in [0, 0.1) is 0 Å². The van der Waals surface area contributed by atoms with E-state index in [2.05, 4.69) is 5.32 Å². The van der Waals surface area contributed by atoms with Gasteiger partial charge in [-0.3, -0.25) is 4.79 Å². The van der Waals surface area contributed by atoms with Gasteiger partial charge in [-0.15, -0.1) is 0 Å². The minimum atomic E-state index is -0.628. The highest BCUT2D eigenvalue weighted by Gasteiger charge is 2.16. The normalized spacial score (nSPS) is 13.2. The van der Waals surface area contributed by atoms with E-state index < -0.39 is 6.10 Å². The van der Waals surface area contributed by atoms with Crippen molar-refractivity contribution in [3.05, 3.63) is 60.2 Å². The van der Waals surface area contributed by atoms with Gasteiger partial charge < -0.3 is 24.3 Å². The van der Waals surface area contributed by atoms with E-state index in [-0.39, 0.29) is 12.7 Å². The second-order valence-corrected chi connectivity index (χ2v) is 6.54. The van der Waals surface area contributed by atoms with E-state index in [0.29, 0.717) is 18.0 Å². The number of hydrogen-bond donors (Lipinski definition) is 1. The number of carbonyl (C=O) groups excluding carboxylic acids is 1. The number of rotatable bonds is 6. The van der Waals surface area contributed by atoms with Crippen LogP contribution in [-0.2, 0) is 11.3 Å². The number of ether oxygens (including phenoxy) is 4. The number of amides is 1. The maximum Gasteiger partial charge on any atom is 0.261 e. The Bertz CT molecular complexity index is 1020. The number of carbonyl (C=O) groups is 1. The Hall–Kier alpha value is -3.41. The third kappa shape index (κ3) is 3.81. The maximum absolute atomic E-state index is 12.4. The van der Waals surface area contributed by atoms with E-state index in [0.717, 1.165) is 27.8 Å². The van der Waals surface area contributed by atoms with Crippen LogP contribution in [0.4, 0.5) is 0 Å². The van der Waals surface area contributed by atoms with Crippen LogP contribution in [0.3, 0.4) is 0 Å². The van der Waals surface area contributed by atoms with Crippen molar-refractivity contribution in [1.29, 1.82) is 0 Å². The number of methoxy groups -OCH3 is 1. The van der Waals surface area contributed by atoms with Gasteiger partial charge in [0.25, 0.3) is 5.91 Å². The number of benzene rings is 3. The number of fused-ring (bicyclic) bond motifs is 2. The zero-order valence-corrected chi connectivity index (χ0v) is 15.7. The molecule has 3 aromatic rings. The summed E-state index contributed by atoms with van der Waals surface area (Å²) < 4.78 is 21.7. The van der Waals surface area contributed by atoms with Gasteiger partial charge in [-0.1, -0.05) is 18.2 Å². The average Bonchev–Trinajstić information content (AvgIpc) is 3.19. The summed E-state index contributed by atoms with van der Waals surface area (Å²) in [5.41, 5.74) is 0.933. The fourth-order valence-electron chi connectivity index (χ4n) is 3.04. The van der Waals surface area contributed by atoms with Crippen LogP contribution in [-0.4, -0.2) is 25.9 Å². The molecule has 1 heterocycles. The van der Waals surface area contributed by atoms with Gasteiger partial charge in [-0.05, 0) is 59.7 Å². The Morgan fingerprint density at radius 1 is 1.00 bits per heavy atom. The highest BCUT2D eigenvalue weighted by Crippen LogP contribution is 2.32. The first-order valence-electron chi connectivity index (χ1n) is 9.03. The summed E-state index contributed by atoms with van der Waals surface area (Å²) in [4.78, 5) is 12.4. The molecule has 0 unspecified atom stereocenters. The minimum absolute atomic E-state index is 0.191. The van der Waals surface area contributed by atoms with Gasteiger partial charge in [-0.25, -0.2) is 0 Å². The standard InChI is InChI=1S/C22H21NO5/c1-14(22(24)23-12-15-3-8-20-21(9-15)27-13-26-20)28-19-7-5-16-4-6-18(25-2)10-17(16)11-19/h3-11,14H,12-13H2,1-2H3,(H,23,24)/t14-/m1/s1. The molecule has 4 rings (SSSR count). The zero-order chi connectivity index (χ0) is 19.5. The third-order valence-electron chi connectivity index (χ3n) is 4.60. The highest BCUT2D eigenvalue weighted by molar-refractivity contribution is 5.85. The van der Waals surface area contributed by atoms with Gasteiger partial charge >= 0.3 is 0 Å². The molecule has 0 aliphatic carbocycles. The van der Waals surface area contributed by atoms with Crippen LogP contribution in [0.1, 0.15) is 12.5 Å². The quantitative estimate of drug-likeness (QED) is 0.708. The second-order valence-electron chi connectivity index (χ2n) is 6.54. The maximum atomic E-state index is 12.4. The first-order valence-corrected chi connectivity index (χ1v) is 9.03. The second kappa shape index (κ2) is 7.68. The highest BCUT2D eigenvalue weighted by atomic mass is 16.7. The molecule has 1 aliphatic rings. The van der Waals surface area contributed by atoms with Gasteiger partial charge in [0.1, 0.15) is 11.5 Å². The lowest BCUT2D eigenvalue weighted by atomic mass is 10.1. The van der Waals surface area contributed by atoms with Gasteiger partial charge in [0, 0.05) is 6.54 Å². The van der Waals surface area contributed by atoms with Gasteiger partial charge in [0.15, 0.2) is 17.6 Å². The number of hydrogen-bond acceptors (Lipinski definition) is 5. The van der Waals surface area contributed by atoms with E-state index in [1.807, 2.05) is 54.6 Å². The SMILES string of the molecule is COc1ccc2ccc(O[C@H](C)C(=O)NCc3ccc4c(c3)OCO4)cc2c1. The van der Waals surface area contributed by atoms with Gasteiger partial charge in [-0.2, -0.15) is 0 Å². The Balaban J connectivity index is 1.38. The molecule has 3 aromatic carbocycles. The number of nitrogens with one attached hydrogen (secondary N) is 1. The predicted octanol–water partition coefficient (Wildman–Crippen LogP) is 3.66. The minimum Gasteiger partial charge on any atom is -0.497 e. The first kappa shape index (κ1) is 18.0. The zero-order valence-electron chi connectivity index (χ0n) is 15.7. The Morgan fingerprint density at radius 3 is 2.57 bits per heavy atom. The lowest BCUT2D eigenvalue weighted by molar-refractivity contribution is -0.127. The third-order valence-corrected chi connectivity index (χ3v) is 4.60.